The zero-order valence-electron chi connectivity index (χ0n) is 14.9. The fourth-order valence-corrected chi connectivity index (χ4v) is 3.47. The number of rotatable bonds is 4. The van der Waals surface area contributed by atoms with E-state index in [4.69, 9.17) is 0 Å². The van der Waals surface area contributed by atoms with Crippen molar-refractivity contribution >= 4 is 5.91 Å². The molecule has 3 heterocycles. The minimum atomic E-state index is -0.0491. The lowest BCUT2D eigenvalue weighted by Crippen LogP contribution is -2.52. The Bertz CT molecular complexity index is 646. The molecule has 2 aliphatic heterocycles. The van der Waals surface area contributed by atoms with E-state index in [-0.39, 0.29) is 16.9 Å². The van der Waals surface area contributed by atoms with E-state index in [0.717, 1.165) is 38.3 Å². The lowest BCUT2D eigenvalue weighted by molar-refractivity contribution is -0.123. The number of carbonyl (C=O) groups excluding carboxylic acids is 1. The molecule has 2 saturated heterocycles. The second kappa shape index (κ2) is 6.67. The standard InChI is InChI=1S/C18H28N4O2/c1-18(2,3)15-5-7-17(24)22(20-15)12-14-10-21(11-14)9-13-4-6-16(23)19-8-13/h5,7,13-14H,4,6,8-12H2,1-3H3,(H,19,23). The van der Waals surface area contributed by atoms with Gasteiger partial charge in [-0.3, -0.25) is 9.59 Å². The summed E-state index contributed by atoms with van der Waals surface area (Å²) in [5.74, 6) is 1.23. The highest BCUT2D eigenvalue weighted by molar-refractivity contribution is 5.76. The molecule has 1 aromatic rings. The van der Waals surface area contributed by atoms with Crippen molar-refractivity contribution in [3.05, 3.63) is 28.2 Å². The fraction of sp³-hybridized carbons (Fsp3) is 0.722. The number of hydrogen-bond donors (Lipinski definition) is 1. The molecular weight excluding hydrogens is 304 g/mol. The Morgan fingerprint density at radius 1 is 1.17 bits per heavy atom. The quantitative estimate of drug-likeness (QED) is 0.893. The Morgan fingerprint density at radius 3 is 2.54 bits per heavy atom. The number of hydrogen-bond acceptors (Lipinski definition) is 4. The van der Waals surface area contributed by atoms with Crippen LogP contribution in [-0.2, 0) is 16.8 Å². The largest absolute Gasteiger partial charge is 0.356 e. The molecule has 1 amide bonds. The third-order valence-electron chi connectivity index (χ3n) is 4.98. The van der Waals surface area contributed by atoms with Crippen molar-refractivity contribution in [2.24, 2.45) is 11.8 Å². The summed E-state index contributed by atoms with van der Waals surface area (Å²) in [6.07, 6.45) is 1.64. The Kier molecular flexibility index (Phi) is 4.76. The topological polar surface area (TPSA) is 67.2 Å². The van der Waals surface area contributed by atoms with Gasteiger partial charge in [0.25, 0.3) is 5.56 Å². The third kappa shape index (κ3) is 4.04. The van der Waals surface area contributed by atoms with Crippen LogP contribution < -0.4 is 10.9 Å². The van der Waals surface area contributed by atoms with Crippen LogP contribution in [0.4, 0.5) is 0 Å². The maximum Gasteiger partial charge on any atom is 0.266 e. The molecule has 2 fully saturated rings. The van der Waals surface area contributed by atoms with Gasteiger partial charge in [-0.05, 0) is 18.4 Å². The van der Waals surface area contributed by atoms with Gasteiger partial charge in [-0.2, -0.15) is 5.10 Å². The molecule has 1 N–H and O–H groups in total. The average molecular weight is 332 g/mol. The summed E-state index contributed by atoms with van der Waals surface area (Å²) in [6, 6.07) is 3.47. The van der Waals surface area contributed by atoms with Crippen molar-refractivity contribution in [1.29, 1.82) is 0 Å². The van der Waals surface area contributed by atoms with Crippen molar-refractivity contribution in [2.75, 3.05) is 26.2 Å². The highest BCUT2D eigenvalue weighted by Crippen LogP contribution is 2.22. The van der Waals surface area contributed by atoms with Crippen LogP contribution in [0.2, 0.25) is 0 Å². The van der Waals surface area contributed by atoms with Crippen LogP contribution in [0.1, 0.15) is 39.3 Å². The van der Waals surface area contributed by atoms with Gasteiger partial charge in [0.15, 0.2) is 0 Å². The van der Waals surface area contributed by atoms with Gasteiger partial charge >= 0.3 is 0 Å². The minimum absolute atomic E-state index is 0.0172. The predicted octanol–water partition coefficient (Wildman–Crippen LogP) is 0.999. The number of nitrogens with one attached hydrogen (secondary N) is 1. The second-order valence-electron chi connectivity index (χ2n) is 8.28. The summed E-state index contributed by atoms with van der Waals surface area (Å²) in [7, 11) is 0. The Hall–Kier alpha value is -1.69. The zero-order chi connectivity index (χ0) is 17.3. The zero-order valence-corrected chi connectivity index (χ0v) is 14.9. The summed E-state index contributed by atoms with van der Waals surface area (Å²) in [5.41, 5.74) is 0.889. The van der Waals surface area contributed by atoms with Gasteiger partial charge in [-0.15, -0.1) is 0 Å². The molecule has 1 atom stereocenters. The lowest BCUT2D eigenvalue weighted by atomic mass is 9.92. The van der Waals surface area contributed by atoms with Crippen LogP contribution in [0, 0.1) is 11.8 Å². The van der Waals surface area contributed by atoms with Gasteiger partial charge in [0.2, 0.25) is 5.91 Å². The van der Waals surface area contributed by atoms with E-state index in [0.29, 0.717) is 24.8 Å². The summed E-state index contributed by atoms with van der Waals surface area (Å²) in [4.78, 5) is 25.7. The lowest BCUT2D eigenvalue weighted by Gasteiger charge is -2.41. The highest BCUT2D eigenvalue weighted by atomic mass is 16.1. The van der Waals surface area contributed by atoms with Crippen LogP contribution in [0.5, 0.6) is 0 Å². The van der Waals surface area contributed by atoms with Crippen LogP contribution in [0.3, 0.4) is 0 Å². The summed E-state index contributed by atoms with van der Waals surface area (Å²) >= 11 is 0. The summed E-state index contributed by atoms with van der Waals surface area (Å²) in [6.45, 7) is 10.9. The first-order chi connectivity index (χ1) is 11.3. The molecule has 0 bridgehead atoms. The van der Waals surface area contributed by atoms with Crippen molar-refractivity contribution < 1.29 is 4.79 Å². The molecule has 3 rings (SSSR count). The maximum absolute atomic E-state index is 12.0. The monoisotopic (exact) mass is 332 g/mol. The van der Waals surface area contributed by atoms with E-state index in [9.17, 15) is 9.59 Å². The first-order valence-corrected chi connectivity index (χ1v) is 8.89. The summed E-state index contributed by atoms with van der Waals surface area (Å²) in [5, 5.41) is 7.50. The van der Waals surface area contributed by atoms with Gasteiger partial charge in [0.05, 0.1) is 12.2 Å². The van der Waals surface area contributed by atoms with Crippen LogP contribution in [0.15, 0.2) is 16.9 Å². The van der Waals surface area contributed by atoms with E-state index in [1.807, 2.05) is 6.07 Å². The van der Waals surface area contributed by atoms with Crippen molar-refractivity contribution in [1.82, 2.24) is 20.0 Å². The molecule has 0 aliphatic carbocycles. The van der Waals surface area contributed by atoms with E-state index in [1.54, 1.807) is 10.7 Å². The van der Waals surface area contributed by atoms with E-state index < -0.39 is 0 Å². The minimum Gasteiger partial charge on any atom is -0.356 e. The number of likely N-dealkylation sites (tertiary alicyclic amines) is 1. The highest BCUT2D eigenvalue weighted by Gasteiger charge is 2.30. The molecule has 24 heavy (non-hydrogen) atoms. The third-order valence-corrected chi connectivity index (χ3v) is 4.98. The molecule has 0 radical (unpaired) electrons. The summed E-state index contributed by atoms with van der Waals surface area (Å²) < 4.78 is 1.63. The average Bonchev–Trinajstić information content (AvgIpc) is 2.47. The van der Waals surface area contributed by atoms with Crippen LogP contribution >= 0.6 is 0 Å². The van der Waals surface area contributed by atoms with Gasteiger partial charge in [-0.25, -0.2) is 4.68 Å². The molecular formula is C18H28N4O2. The number of aromatic nitrogens is 2. The molecule has 0 spiro atoms. The molecule has 2 aliphatic rings. The number of piperidine rings is 1. The van der Waals surface area contributed by atoms with Crippen molar-refractivity contribution in [3.63, 3.8) is 0 Å². The number of carbonyl (C=O) groups is 1. The fourth-order valence-electron chi connectivity index (χ4n) is 3.47. The van der Waals surface area contributed by atoms with Gasteiger partial charge in [0, 0.05) is 50.0 Å². The number of nitrogens with zero attached hydrogens (tertiary/aromatic N) is 3. The Labute approximate surface area is 143 Å². The first kappa shape index (κ1) is 17.1. The molecule has 132 valence electrons. The van der Waals surface area contributed by atoms with Crippen LogP contribution in [0.25, 0.3) is 0 Å². The Morgan fingerprint density at radius 2 is 1.92 bits per heavy atom. The van der Waals surface area contributed by atoms with Crippen LogP contribution in [-0.4, -0.2) is 46.8 Å². The van der Waals surface area contributed by atoms with Gasteiger partial charge < -0.3 is 10.2 Å². The molecule has 6 nitrogen and oxygen atoms in total. The normalized spacial score (nSPS) is 23.0. The van der Waals surface area contributed by atoms with E-state index in [1.165, 1.54) is 0 Å². The molecule has 0 saturated carbocycles. The maximum atomic E-state index is 12.0. The smallest absolute Gasteiger partial charge is 0.266 e. The Balaban J connectivity index is 1.50. The second-order valence-corrected chi connectivity index (χ2v) is 8.28. The molecule has 0 aromatic carbocycles. The molecule has 1 aromatic heterocycles. The first-order valence-electron chi connectivity index (χ1n) is 8.89. The molecule has 6 heteroatoms. The van der Waals surface area contributed by atoms with E-state index in [2.05, 4.69) is 36.1 Å². The van der Waals surface area contributed by atoms with Gasteiger partial charge in [-0.1, -0.05) is 20.8 Å². The van der Waals surface area contributed by atoms with Gasteiger partial charge in [0.1, 0.15) is 0 Å². The van der Waals surface area contributed by atoms with Crippen molar-refractivity contribution in [3.8, 4) is 0 Å². The van der Waals surface area contributed by atoms with Crippen molar-refractivity contribution in [2.45, 2.75) is 45.6 Å². The predicted molar refractivity (Wildman–Crippen MR) is 92.9 cm³/mol. The SMILES string of the molecule is CC(C)(C)c1ccc(=O)n(CC2CN(CC3CCC(=O)NC3)C2)n1. The van der Waals surface area contributed by atoms with E-state index >= 15 is 0 Å². The number of amides is 1. The molecule has 1 unspecified atom stereocenters.